The van der Waals surface area contributed by atoms with E-state index in [1.807, 2.05) is 38.1 Å². The number of esters is 1. The second kappa shape index (κ2) is 10.2. The first-order chi connectivity index (χ1) is 14.8. The normalized spacial score (nSPS) is 24.6. The third kappa shape index (κ3) is 6.00. The van der Waals surface area contributed by atoms with Gasteiger partial charge in [0.05, 0.1) is 24.3 Å². The zero-order valence-electron chi connectivity index (χ0n) is 19.2. The van der Waals surface area contributed by atoms with Crippen LogP contribution in [0.15, 0.2) is 35.5 Å². The number of urea groups is 1. The number of hydrogen-bond donors (Lipinski definition) is 2. The van der Waals surface area contributed by atoms with Gasteiger partial charge in [-0.2, -0.15) is 0 Å². The number of amides is 2. The molecule has 0 saturated carbocycles. The van der Waals surface area contributed by atoms with Gasteiger partial charge in [-0.15, -0.1) is 0 Å². The van der Waals surface area contributed by atoms with E-state index in [1.165, 1.54) is 6.42 Å². The lowest BCUT2D eigenvalue weighted by atomic mass is 9.91. The van der Waals surface area contributed by atoms with E-state index in [9.17, 15) is 9.59 Å². The second-order valence-corrected chi connectivity index (χ2v) is 9.02. The van der Waals surface area contributed by atoms with E-state index in [4.69, 9.17) is 9.47 Å². The predicted octanol–water partition coefficient (Wildman–Crippen LogP) is 3.62. The van der Waals surface area contributed by atoms with Crippen molar-refractivity contribution in [2.75, 3.05) is 26.2 Å². The Bertz CT molecular complexity index is 809. The van der Waals surface area contributed by atoms with Gasteiger partial charge in [0.2, 0.25) is 0 Å². The number of benzene rings is 1. The largest absolute Gasteiger partial charge is 0.491 e. The van der Waals surface area contributed by atoms with Gasteiger partial charge in [-0.3, -0.25) is 4.90 Å². The first kappa shape index (κ1) is 23.1. The molecule has 2 aliphatic rings. The van der Waals surface area contributed by atoms with Crippen LogP contribution in [0, 0.1) is 11.8 Å². The molecule has 170 valence electrons. The number of ether oxygens (including phenoxy) is 2. The van der Waals surface area contributed by atoms with Gasteiger partial charge in [0, 0.05) is 25.3 Å². The van der Waals surface area contributed by atoms with Crippen LogP contribution < -0.4 is 15.4 Å². The fourth-order valence-corrected chi connectivity index (χ4v) is 4.60. The summed E-state index contributed by atoms with van der Waals surface area (Å²) in [6.45, 7) is 12.9. The van der Waals surface area contributed by atoms with Crippen LogP contribution >= 0.6 is 0 Å². The minimum atomic E-state index is -0.574. The second-order valence-electron chi connectivity index (χ2n) is 9.02. The van der Waals surface area contributed by atoms with E-state index < -0.39 is 12.0 Å². The molecule has 0 aromatic heterocycles. The molecule has 2 heterocycles. The minimum absolute atomic E-state index is 0.0698. The van der Waals surface area contributed by atoms with Crippen molar-refractivity contribution in [2.24, 2.45) is 11.8 Å². The Morgan fingerprint density at radius 2 is 1.81 bits per heavy atom. The van der Waals surface area contributed by atoms with Gasteiger partial charge in [-0.1, -0.05) is 26.0 Å². The summed E-state index contributed by atoms with van der Waals surface area (Å²) >= 11 is 0. The van der Waals surface area contributed by atoms with Crippen LogP contribution in [0.25, 0.3) is 0 Å². The van der Waals surface area contributed by atoms with E-state index in [0.29, 0.717) is 29.7 Å². The highest BCUT2D eigenvalue weighted by atomic mass is 16.5. The van der Waals surface area contributed by atoms with Crippen molar-refractivity contribution in [2.45, 2.75) is 53.2 Å². The Balaban J connectivity index is 1.93. The highest BCUT2D eigenvalue weighted by molar-refractivity contribution is 5.95. The average Bonchev–Trinajstić information content (AvgIpc) is 2.67. The molecule has 2 aliphatic heterocycles. The van der Waals surface area contributed by atoms with Crippen molar-refractivity contribution in [1.29, 1.82) is 0 Å². The van der Waals surface area contributed by atoms with E-state index in [1.54, 1.807) is 6.92 Å². The molecule has 0 bridgehead atoms. The van der Waals surface area contributed by atoms with Gasteiger partial charge < -0.3 is 20.1 Å². The molecule has 1 aromatic rings. The van der Waals surface area contributed by atoms with Gasteiger partial charge in [-0.05, 0) is 56.7 Å². The Labute approximate surface area is 185 Å². The number of nitrogens with zero attached hydrogens (tertiary/aromatic N) is 1. The number of piperidine rings is 1. The van der Waals surface area contributed by atoms with Crippen LogP contribution in [0.3, 0.4) is 0 Å². The molecule has 2 N–H and O–H groups in total. The number of likely N-dealkylation sites (tertiary alicyclic amines) is 1. The Hall–Kier alpha value is -2.54. The number of carbonyl (C=O) groups is 2. The first-order valence-corrected chi connectivity index (χ1v) is 11.2. The van der Waals surface area contributed by atoms with Crippen LogP contribution in [-0.4, -0.2) is 49.2 Å². The molecule has 7 heteroatoms. The average molecular weight is 430 g/mol. The molecule has 31 heavy (non-hydrogen) atoms. The van der Waals surface area contributed by atoms with E-state index in [2.05, 4.69) is 29.4 Å². The number of nitrogens with one attached hydrogen (secondary N) is 2. The van der Waals surface area contributed by atoms with Crippen LogP contribution in [-0.2, 0) is 9.53 Å². The van der Waals surface area contributed by atoms with Crippen LogP contribution in [0.1, 0.15) is 52.6 Å². The molecule has 1 saturated heterocycles. The van der Waals surface area contributed by atoms with Gasteiger partial charge in [0.15, 0.2) is 0 Å². The van der Waals surface area contributed by atoms with E-state index in [0.717, 1.165) is 24.4 Å². The standard InChI is InChI=1S/C24H35N3O4/c1-6-30-23(28)21-20(14-27-12-16(4)11-17(5)13-27)25-24(29)26-22(21)18-7-9-19(10-8-18)31-15(2)3/h7-10,15-17,22H,6,11-14H2,1-5H3,(H2,25,26,29)/t16-,17-,22+/m1/s1. The molecule has 1 fully saturated rings. The Kier molecular flexibility index (Phi) is 7.59. The lowest BCUT2D eigenvalue weighted by Crippen LogP contribution is -2.50. The van der Waals surface area contributed by atoms with E-state index in [-0.39, 0.29) is 18.7 Å². The monoisotopic (exact) mass is 429 g/mol. The third-order valence-electron chi connectivity index (χ3n) is 5.56. The van der Waals surface area contributed by atoms with Crippen molar-refractivity contribution in [3.63, 3.8) is 0 Å². The van der Waals surface area contributed by atoms with Crippen molar-refractivity contribution >= 4 is 12.0 Å². The molecule has 0 radical (unpaired) electrons. The maximum Gasteiger partial charge on any atom is 0.338 e. The molecule has 1 aromatic carbocycles. The topological polar surface area (TPSA) is 79.9 Å². The fourth-order valence-electron chi connectivity index (χ4n) is 4.60. The van der Waals surface area contributed by atoms with Gasteiger partial charge in [-0.25, -0.2) is 9.59 Å². The first-order valence-electron chi connectivity index (χ1n) is 11.2. The molecule has 0 aliphatic carbocycles. The molecular formula is C24H35N3O4. The van der Waals surface area contributed by atoms with Crippen molar-refractivity contribution < 1.29 is 19.1 Å². The summed E-state index contributed by atoms with van der Waals surface area (Å²) in [5.41, 5.74) is 1.90. The summed E-state index contributed by atoms with van der Waals surface area (Å²) < 4.78 is 11.1. The molecule has 0 spiro atoms. The highest BCUT2D eigenvalue weighted by Gasteiger charge is 2.35. The SMILES string of the molecule is CCOC(=O)C1=C(CN2C[C@H](C)C[C@@H](C)C2)NC(=O)N[C@H]1c1ccc(OC(C)C)cc1. The van der Waals surface area contributed by atoms with Gasteiger partial charge >= 0.3 is 12.0 Å². The summed E-state index contributed by atoms with van der Waals surface area (Å²) in [5.74, 6) is 1.50. The van der Waals surface area contributed by atoms with Gasteiger partial charge in [0.25, 0.3) is 0 Å². The maximum absolute atomic E-state index is 13.0. The summed E-state index contributed by atoms with van der Waals surface area (Å²) in [5, 5.41) is 5.78. The third-order valence-corrected chi connectivity index (χ3v) is 5.56. The zero-order valence-corrected chi connectivity index (χ0v) is 19.2. The lowest BCUT2D eigenvalue weighted by molar-refractivity contribution is -0.139. The molecule has 0 unspecified atom stereocenters. The van der Waals surface area contributed by atoms with Gasteiger partial charge in [0.1, 0.15) is 5.75 Å². The summed E-state index contributed by atoms with van der Waals surface area (Å²) in [4.78, 5) is 27.8. The quantitative estimate of drug-likeness (QED) is 0.647. The van der Waals surface area contributed by atoms with Crippen molar-refractivity contribution in [1.82, 2.24) is 15.5 Å². The maximum atomic E-state index is 13.0. The lowest BCUT2D eigenvalue weighted by Gasteiger charge is -2.37. The number of hydrogen-bond acceptors (Lipinski definition) is 5. The molecule has 2 amide bonds. The smallest absolute Gasteiger partial charge is 0.338 e. The van der Waals surface area contributed by atoms with Crippen LogP contribution in [0.5, 0.6) is 5.75 Å². The molecular weight excluding hydrogens is 394 g/mol. The van der Waals surface area contributed by atoms with Crippen LogP contribution in [0.4, 0.5) is 4.79 Å². The van der Waals surface area contributed by atoms with Crippen LogP contribution in [0.2, 0.25) is 0 Å². The Morgan fingerprint density at radius 1 is 1.16 bits per heavy atom. The highest BCUT2D eigenvalue weighted by Crippen LogP contribution is 2.30. The number of carbonyl (C=O) groups excluding carboxylic acids is 2. The fraction of sp³-hybridized carbons (Fsp3) is 0.583. The molecule has 3 atom stereocenters. The Morgan fingerprint density at radius 3 is 2.39 bits per heavy atom. The molecule has 3 rings (SSSR count). The zero-order chi connectivity index (χ0) is 22.5. The van der Waals surface area contributed by atoms with Crippen molar-refractivity contribution in [3.05, 3.63) is 41.1 Å². The number of rotatable bonds is 7. The molecule has 7 nitrogen and oxygen atoms in total. The minimum Gasteiger partial charge on any atom is -0.491 e. The predicted molar refractivity (Wildman–Crippen MR) is 120 cm³/mol. The van der Waals surface area contributed by atoms with Crippen molar-refractivity contribution in [3.8, 4) is 5.75 Å². The summed E-state index contributed by atoms with van der Waals surface area (Å²) in [6, 6.07) is 6.61. The summed E-state index contributed by atoms with van der Waals surface area (Å²) in [6.07, 6.45) is 1.27. The summed E-state index contributed by atoms with van der Waals surface area (Å²) in [7, 11) is 0. The van der Waals surface area contributed by atoms with E-state index >= 15 is 0 Å².